The lowest BCUT2D eigenvalue weighted by atomic mass is 10.2. The van der Waals surface area contributed by atoms with Crippen molar-refractivity contribution in [1.29, 1.82) is 0 Å². The number of benzene rings is 2. The second-order valence-corrected chi connectivity index (χ2v) is 4.75. The van der Waals surface area contributed by atoms with Crippen LogP contribution in [0, 0.1) is 6.92 Å². The highest BCUT2D eigenvalue weighted by molar-refractivity contribution is 5.99. The van der Waals surface area contributed by atoms with Gasteiger partial charge in [0.2, 0.25) is 0 Å². The van der Waals surface area contributed by atoms with E-state index in [1.165, 1.54) is 0 Å². The van der Waals surface area contributed by atoms with Gasteiger partial charge in [-0.25, -0.2) is 9.59 Å². The van der Waals surface area contributed by atoms with Gasteiger partial charge in [-0.3, -0.25) is 0 Å². The molecule has 2 rings (SSSR count). The minimum atomic E-state index is -0.759. The van der Waals surface area contributed by atoms with Crippen LogP contribution in [0.5, 0.6) is 5.75 Å². The molecule has 0 unspecified atom stereocenters. The number of carbonyl (C=O) groups excluding carboxylic acids is 2. The van der Waals surface area contributed by atoms with Gasteiger partial charge in [-0.05, 0) is 50.2 Å². The second kappa shape index (κ2) is 7.84. The summed E-state index contributed by atoms with van der Waals surface area (Å²) in [6.07, 6.45) is -0.759. The zero-order chi connectivity index (χ0) is 16.7. The quantitative estimate of drug-likeness (QED) is 0.656. The normalized spacial score (nSPS) is 9.83. The molecular weight excluding hydrogens is 296 g/mol. The molecule has 0 atom stereocenters. The van der Waals surface area contributed by atoms with Crippen molar-refractivity contribution in [2.75, 3.05) is 17.2 Å². The number of hydrogen-bond donors (Lipinski definition) is 2. The standard InChI is InChI=1S/C17H18N2O4/c1-3-22-17(21)23-15-10-8-14(9-11-15)19-16(20)18-13-6-4-12(2)5-7-13/h4-11H,3H2,1-2H3,(H2,18,19,20). The molecule has 0 saturated carbocycles. The van der Waals surface area contributed by atoms with Gasteiger partial charge in [0.05, 0.1) is 6.61 Å². The van der Waals surface area contributed by atoms with Crippen LogP contribution >= 0.6 is 0 Å². The third-order valence-electron chi connectivity index (χ3n) is 2.88. The summed E-state index contributed by atoms with van der Waals surface area (Å²) in [5, 5.41) is 5.41. The lowest BCUT2D eigenvalue weighted by Crippen LogP contribution is -2.19. The molecule has 2 N–H and O–H groups in total. The molecule has 0 fully saturated rings. The Kier molecular flexibility index (Phi) is 5.57. The highest BCUT2D eigenvalue weighted by Crippen LogP contribution is 2.17. The Morgan fingerprint density at radius 2 is 1.43 bits per heavy atom. The monoisotopic (exact) mass is 314 g/mol. The van der Waals surface area contributed by atoms with Crippen molar-refractivity contribution >= 4 is 23.6 Å². The Morgan fingerprint density at radius 1 is 0.913 bits per heavy atom. The summed E-state index contributed by atoms with van der Waals surface area (Å²) in [6, 6.07) is 13.5. The molecule has 23 heavy (non-hydrogen) atoms. The molecule has 0 aliphatic rings. The Hall–Kier alpha value is -3.02. The van der Waals surface area contributed by atoms with Crippen LogP contribution in [0.2, 0.25) is 0 Å². The van der Waals surface area contributed by atoms with Gasteiger partial charge >= 0.3 is 12.2 Å². The second-order valence-electron chi connectivity index (χ2n) is 4.75. The van der Waals surface area contributed by atoms with E-state index in [-0.39, 0.29) is 12.6 Å². The predicted molar refractivity (Wildman–Crippen MR) is 87.9 cm³/mol. The third kappa shape index (κ3) is 5.35. The van der Waals surface area contributed by atoms with E-state index in [2.05, 4.69) is 15.4 Å². The summed E-state index contributed by atoms with van der Waals surface area (Å²) in [5.74, 6) is 0.341. The van der Waals surface area contributed by atoms with Crippen molar-refractivity contribution in [2.45, 2.75) is 13.8 Å². The number of rotatable bonds is 4. The van der Waals surface area contributed by atoms with Crippen molar-refractivity contribution in [2.24, 2.45) is 0 Å². The van der Waals surface area contributed by atoms with Crippen LogP contribution < -0.4 is 15.4 Å². The summed E-state index contributed by atoms with van der Waals surface area (Å²) in [5.41, 5.74) is 2.40. The van der Waals surface area contributed by atoms with Gasteiger partial charge < -0.3 is 20.1 Å². The van der Waals surface area contributed by atoms with E-state index >= 15 is 0 Å². The number of amides is 2. The summed E-state index contributed by atoms with van der Waals surface area (Å²) >= 11 is 0. The fourth-order valence-corrected chi connectivity index (χ4v) is 1.78. The van der Waals surface area contributed by atoms with Gasteiger partial charge in [-0.2, -0.15) is 0 Å². The van der Waals surface area contributed by atoms with Crippen molar-refractivity contribution in [3.8, 4) is 5.75 Å². The number of urea groups is 1. The van der Waals surface area contributed by atoms with Crippen LogP contribution in [0.25, 0.3) is 0 Å². The molecule has 6 heteroatoms. The Labute approximate surface area is 134 Å². The maximum atomic E-state index is 11.9. The molecule has 0 bridgehead atoms. The van der Waals surface area contributed by atoms with Gasteiger partial charge in [0.1, 0.15) is 5.75 Å². The first-order valence-electron chi connectivity index (χ1n) is 7.16. The van der Waals surface area contributed by atoms with Gasteiger partial charge in [-0.15, -0.1) is 0 Å². The zero-order valence-electron chi connectivity index (χ0n) is 13.0. The fourth-order valence-electron chi connectivity index (χ4n) is 1.78. The van der Waals surface area contributed by atoms with Crippen molar-refractivity contribution in [3.05, 3.63) is 54.1 Å². The van der Waals surface area contributed by atoms with Crippen LogP contribution in [-0.4, -0.2) is 18.8 Å². The van der Waals surface area contributed by atoms with Crippen LogP contribution in [0.1, 0.15) is 12.5 Å². The lowest BCUT2D eigenvalue weighted by molar-refractivity contribution is 0.104. The van der Waals surface area contributed by atoms with Gasteiger partial charge in [0.25, 0.3) is 0 Å². The Morgan fingerprint density at radius 3 is 1.96 bits per heavy atom. The molecular formula is C17H18N2O4. The number of nitrogens with one attached hydrogen (secondary N) is 2. The molecule has 0 spiro atoms. The van der Waals surface area contributed by atoms with E-state index in [1.54, 1.807) is 31.2 Å². The largest absolute Gasteiger partial charge is 0.513 e. The summed E-state index contributed by atoms with van der Waals surface area (Å²) < 4.78 is 9.61. The summed E-state index contributed by atoms with van der Waals surface area (Å²) in [7, 11) is 0. The number of anilines is 2. The molecule has 2 amide bonds. The van der Waals surface area contributed by atoms with E-state index in [9.17, 15) is 9.59 Å². The first-order valence-corrected chi connectivity index (χ1v) is 7.16. The number of hydrogen-bond acceptors (Lipinski definition) is 4. The molecule has 120 valence electrons. The molecule has 0 aromatic heterocycles. The van der Waals surface area contributed by atoms with Gasteiger partial charge in [0.15, 0.2) is 0 Å². The molecule has 0 aliphatic carbocycles. The van der Waals surface area contributed by atoms with Crippen LogP contribution in [-0.2, 0) is 4.74 Å². The molecule has 0 radical (unpaired) electrons. The Bertz CT molecular complexity index is 666. The van der Waals surface area contributed by atoms with E-state index in [0.717, 1.165) is 5.56 Å². The van der Waals surface area contributed by atoms with E-state index in [0.29, 0.717) is 17.1 Å². The Balaban J connectivity index is 1.88. The van der Waals surface area contributed by atoms with E-state index in [4.69, 9.17) is 4.74 Å². The highest BCUT2D eigenvalue weighted by atomic mass is 16.7. The molecule has 0 aliphatic heterocycles. The van der Waals surface area contributed by atoms with Crippen molar-refractivity contribution < 1.29 is 19.1 Å². The molecule has 0 heterocycles. The minimum absolute atomic E-state index is 0.248. The van der Waals surface area contributed by atoms with Crippen LogP contribution in [0.4, 0.5) is 21.0 Å². The molecule has 2 aromatic rings. The highest BCUT2D eigenvalue weighted by Gasteiger charge is 2.06. The SMILES string of the molecule is CCOC(=O)Oc1ccc(NC(=O)Nc2ccc(C)cc2)cc1. The van der Waals surface area contributed by atoms with Crippen molar-refractivity contribution in [1.82, 2.24) is 0 Å². The van der Waals surface area contributed by atoms with Gasteiger partial charge in [0, 0.05) is 11.4 Å². The fraction of sp³-hybridized carbons (Fsp3) is 0.176. The average Bonchev–Trinajstić information content (AvgIpc) is 2.52. The molecule has 2 aromatic carbocycles. The summed E-state index contributed by atoms with van der Waals surface area (Å²) in [4.78, 5) is 23.1. The lowest BCUT2D eigenvalue weighted by Gasteiger charge is -2.09. The smallest absolute Gasteiger partial charge is 0.434 e. The molecule has 0 saturated heterocycles. The predicted octanol–water partition coefficient (Wildman–Crippen LogP) is 4.17. The van der Waals surface area contributed by atoms with Crippen molar-refractivity contribution in [3.63, 3.8) is 0 Å². The van der Waals surface area contributed by atoms with Gasteiger partial charge in [-0.1, -0.05) is 17.7 Å². The maximum Gasteiger partial charge on any atom is 0.513 e. The van der Waals surface area contributed by atoms with E-state index < -0.39 is 6.16 Å². The number of ether oxygens (including phenoxy) is 2. The first-order chi connectivity index (χ1) is 11.1. The third-order valence-corrected chi connectivity index (χ3v) is 2.88. The number of carbonyl (C=O) groups is 2. The van der Waals surface area contributed by atoms with Crippen LogP contribution in [0.3, 0.4) is 0 Å². The topological polar surface area (TPSA) is 76.7 Å². The average molecular weight is 314 g/mol. The summed E-state index contributed by atoms with van der Waals surface area (Å²) in [6.45, 7) is 3.92. The first kappa shape index (κ1) is 16.4. The molecule has 6 nitrogen and oxygen atoms in total. The maximum absolute atomic E-state index is 11.9. The minimum Gasteiger partial charge on any atom is -0.434 e. The number of aryl methyl sites for hydroxylation is 1. The van der Waals surface area contributed by atoms with E-state index in [1.807, 2.05) is 31.2 Å². The van der Waals surface area contributed by atoms with Crippen LogP contribution in [0.15, 0.2) is 48.5 Å². The zero-order valence-corrected chi connectivity index (χ0v) is 13.0.